The van der Waals surface area contributed by atoms with E-state index in [1.807, 2.05) is 24.3 Å². The van der Waals surface area contributed by atoms with Gasteiger partial charge in [-0.25, -0.2) is 0 Å². The Morgan fingerprint density at radius 1 is 1.38 bits per heavy atom. The lowest BCUT2D eigenvalue weighted by Crippen LogP contribution is -2.09. The summed E-state index contributed by atoms with van der Waals surface area (Å²) in [7, 11) is 0. The highest BCUT2D eigenvalue weighted by molar-refractivity contribution is 9.10. The minimum atomic E-state index is -0.393. The zero-order chi connectivity index (χ0) is 9.68. The van der Waals surface area contributed by atoms with Crippen LogP contribution in [0, 0.1) is 0 Å². The summed E-state index contributed by atoms with van der Waals surface area (Å²) in [5, 5.41) is 8.94. The predicted octanol–water partition coefficient (Wildman–Crippen LogP) is 2.35. The first-order chi connectivity index (χ1) is 6.18. The van der Waals surface area contributed by atoms with Crippen molar-refractivity contribution in [1.82, 2.24) is 0 Å². The molecule has 0 unspecified atom stereocenters. The molecule has 0 saturated carbocycles. The van der Waals surface area contributed by atoms with Gasteiger partial charge in [-0.2, -0.15) is 0 Å². The zero-order valence-corrected chi connectivity index (χ0v) is 9.12. The Morgan fingerprint density at radius 3 is 2.54 bits per heavy atom. The van der Waals surface area contributed by atoms with Crippen molar-refractivity contribution in [2.24, 2.45) is 0 Å². The topological polar surface area (TPSA) is 29.5 Å². The number of aliphatic hydroxyl groups is 1. The van der Waals surface area contributed by atoms with Crippen LogP contribution < -0.4 is 0 Å². The highest BCUT2D eigenvalue weighted by atomic mass is 79.9. The molecular formula is C10H13BrO2. The van der Waals surface area contributed by atoms with Gasteiger partial charge in [-0.15, -0.1) is 0 Å². The lowest BCUT2D eigenvalue weighted by molar-refractivity contribution is 0.0376. The summed E-state index contributed by atoms with van der Waals surface area (Å²) in [6.45, 7) is 2.65. The molecule has 0 heterocycles. The van der Waals surface area contributed by atoms with Gasteiger partial charge in [-0.05, 0) is 24.6 Å². The van der Waals surface area contributed by atoms with Crippen LogP contribution in [0.3, 0.4) is 0 Å². The van der Waals surface area contributed by atoms with E-state index in [-0.39, 0.29) is 0 Å². The monoisotopic (exact) mass is 244 g/mol. The predicted molar refractivity (Wildman–Crippen MR) is 55.5 cm³/mol. The Hall–Kier alpha value is -0.380. The molecule has 0 radical (unpaired) electrons. The van der Waals surface area contributed by atoms with Crippen molar-refractivity contribution < 1.29 is 9.84 Å². The van der Waals surface area contributed by atoms with Crippen LogP contribution in [-0.2, 0) is 11.3 Å². The summed E-state index contributed by atoms with van der Waals surface area (Å²) in [4.78, 5) is 0. The molecule has 1 N–H and O–H groups in total. The van der Waals surface area contributed by atoms with Crippen LogP contribution in [0.2, 0.25) is 0 Å². The van der Waals surface area contributed by atoms with Crippen LogP contribution in [0.1, 0.15) is 12.5 Å². The van der Waals surface area contributed by atoms with E-state index in [9.17, 15) is 0 Å². The third-order valence-corrected chi connectivity index (χ3v) is 2.07. The maximum atomic E-state index is 8.94. The summed E-state index contributed by atoms with van der Waals surface area (Å²) in [5.41, 5.74) is 1.11. The molecule has 13 heavy (non-hydrogen) atoms. The summed E-state index contributed by atoms with van der Waals surface area (Å²) < 4.78 is 6.32. The minimum absolute atomic E-state index is 0.385. The van der Waals surface area contributed by atoms with Crippen LogP contribution in [-0.4, -0.2) is 17.8 Å². The molecule has 0 aliphatic carbocycles. The third-order valence-electron chi connectivity index (χ3n) is 1.54. The van der Waals surface area contributed by atoms with Crippen molar-refractivity contribution >= 4 is 15.9 Å². The van der Waals surface area contributed by atoms with E-state index in [0.29, 0.717) is 13.2 Å². The maximum absolute atomic E-state index is 8.94. The highest BCUT2D eigenvalue weighted by Crippen LogP contribution is 2.11. The summed E-state index contributed by atoms with van der Waals surface area (Å²) in [6.07, 6.45) is -0.393. The van der Waals surface area contributed by atoms with E-state index >= 15 is 0 Å². The van der Waals surface area contributed by atoms with Gasteiger partial charge in [0.2, 0.25) is 0 Å². The second kappa shape index (κ2) is 5.37. The summed E-state index contributed by atoms with van der Waals surface area (Å²) >= 11 is 3.36. The van der Waals surface area contributed by atoms with E-state index in [1.165, 1.54) is 0 Å². The van der Waals surface area contributed by atoms with Gasteiger partial charge in [0.25, 0.3) is 0 Å². The fraction of sp³-hybridized carbons (Fsp3) is 0.400. The largest absolute Gasteiger partial charge is 0.391 e. The first-order valence-electron chi connectivity index (χ1n) is 4.19. The average molecular weight is 245 g/mol. The quantitative estimate of drug-likeness (QED) is 0.882. The van der Waals surface area contributed by atoms with Crippen LogP contribution in [0.25, 0.3) is 0 Å². The van der Waals surface area contributed by atoms with Crippen LogP contribution in [0.15, 0.2) is 28.7 Å². The van der Waals surface area contributed by atoms with E-state index in [2.05, 4.69) is 15.9 Å². The molecule has 0 aliphatic rings. The van der Waals surface area contributed by atoms with E-state index < -0.39 is 6.10 Å². The molecule has 0 aromatic heterocycles. The van der Waals surface area contributed by atoms with Crippen LogP contribution in [0.4, 0.5) is 0 Å². The van der Waals surface area contributed by atoms with Gasteiger partial charge in [0, 0.05) is 4.47 Å². The number of hydrogen-bond donors (Lipinski definition) is 1. The van der Waals surface area contributed by atoms with Crippen molar-refractivity contribution in [3.05, 3.63) is 34.3 Å². The normalized spacial score (nSPS) is 12.8. The molecule has 3 heteroatoms. The van der Waals surface area contributed by atoms with Gasteiger partial charge in [0.1, 0.15) is 0 Å². The average Bonchev–Trinajstić information content (AvgIpc) is 2.08. The van der Waals surface area contributed by atoms with Crippen molar-refractivity contribution in [2.75, 3.05) is 6.61 Å². The summed E-state index contributed by atoms with van der Waals surface area (Å²) in [5.74, 6) is 0. The molecule has 1 rings (SSSR count). The second-order valence-electron chi connectivity index (χ2n) is 2.99. The van der Waals surface area contributed by atoms with E-state index in [4.69, 9.17) is 9.84 Å². The molecule has 0 bridgehead atoms. The van der Waals surface area contributed by atoms with Crippen molar-refractivity contribution in [1.29, 1.82) is 0 Å². The first kappa shape index (κ1) is 10.7. The number of halogens is 1. The zero-order valence-electron chi connectivity index (χ0n) is 7.53. The van der Waals surface area contributed by atoms with Gasteiger partial charge in [0.15, 0.2) is 0 Å². The van der Waals surface area contributed by atoms with Crippen molar-refractivity contribution in [3.63, 3.8) is 0 Å². The molecule has 2 nitrogen and oxygen atoms in total. The fourth-order valence-corrected chi connectivity index (χ4v) is 1.19. The number of ether oxygens (including phenoxy) is 1. The standard InChI is InChI=1S/C10H13BrO2/c1-8(12)6-13-7-9-2-4-10(11)5-3-9/h2-5,8,12H,6-7H2,1H3/t8-/m1/s1. The SMILES string of the molecule is C[C@@H](O)COCc1ccc(Br)cc1. The lowest BCUT2D eigenvalue weighted by atomic mass is 10.2. The Bertz CT molecular complexity index is 244. The van der Waals surface area contributed by atoms with E-state index in [0.717, 1.165) is 10.0 Å². The molecule has 1 aromatic rings. The Morgan fingerprint density at radius 2 is 2.00 bits per heavy atom. The summed E-state index contributed by atoms with van der Waals surface area (Å²) in [6, 6.07) is 7.93. The maximum Gasteiger partial charge on any atom is 0.0745 e. The van der Waals surface area contributed by atoms with Crippen molar-refractivity contribution in [3.8, 4) is 0 Å². The smallest absolute Gasteiger partial charge is 0.0745 e. The van der Waals surface area contributed by atoms with Crippen LogP contribution in [0.5, 0.6) is 0 Å². The molecule has 0 spiro atoms. The third kappa shape index (κ3) is 4.41. The molecule has 0 amide bonds. The van der Waals surface area contributed by atoms with Gasteiger partial charge in [-0.1, -0.05) is 28.1 Å². The number of benzene rings is 1. The molecule has 0 aliphatic heterocycles. The molecule has 1 aromatic carbocycles. The lowest BCUT2D eigenvalue weighted by Gasteiger charge is -2.05. The first-order valence-corrected chi connectivity index (χ1v) is 4.98. The van der Waals surface area contributed by atoms with Crippen LogP contribution >= 0.6 is 15.9 Å². The molecular weight excluding hydrogens is 232 g/mol. The molecule has 1 atom stereocenters. The van der Waals surface area contributed by atoms with Gasteiger partial charge in [-0.3, -0.25) is 0 Å². The van der Waals surface area contributed by atoms with E-state index in [1.54, 1.807) is 6.92 Å². The highest BCUT2D eigenvalue weighted by Gasteiger charge is 1.96. The van der Waals surface area contributed by atoms with Crippen molar-refractivity contribution in [2.45, 2.75) is 19.6 Å². The molecule has 0 saturated heterocycles. The van der Waals surface area contributed by atoms with Gasteiger partial charge < -0.3 is 9.84 Å². The second-order valence-corrected chi connectivity index (χ2v) is 3.91. The molecule has 0 fully saturated rings. The van der Waals surface area contributed by atoms with Gasteiger partial charge in [0.05, 0.1) is 19.3 Å². The Balaban J connectivity index is 2.33. The number of hydrogen-bond acceptors (Lipinski definition) is 2. The molecule has 72 valence electrons. The minimum Gasteiger partial charge on any atom is -0.391 e. The fourth-order valence-electron chi connectivity index (χ4n) is 0.928. The van der Waals surface area contributed by atoms with Gasteiger partial charge >= 0.3 is 0 Å². The Kier molecular flexibility index (Phi) is 4.42. The Labute approximate surface area is 86.7 Å². The number of aliphatic hydroxyl groups excluding tert-OH is 1. The number of rotatable bonds is 4.